The van der Waals surface area contributed by atoms with E-state index < -0.39 is 6.10 Å². The molecule has 1 fully saturated rings. The van der Waals surface area contributed by atoms with Crippen molar-refractivity contribution in [2.75, 3.05) is 20.3 Å². The van der Waals surface area contributed by atoms with Gasteiger partial charge in [0.05, 0.1) is 26.2 Å². The molecule has 1 heterocycles. The molecule has 0 bridgehead atoms. The van der Waals surface area contributed by atoms with Gasteiger partial charge in [0.1, 0.15) is 0 Å². The third-order valence-corrected chi connectivity index (χ3v) is 2.34. The summed E-state index contributed by atoms with van der Waals surface area (Å²) >= 11 is 0. The van der Waals surface area contributed by atoms with Gasteiger partial charge >= 0.3 is 5.97 Å². The number of hydrogen-bond acceptors (Lipinski definition) is 4. The number of hydrogen-bond donors (Lipinski definition) is 1. The van der Waals surface area contributed by atoms with E-state index in [0.717, 1.165) is 19.4 Å². The van der Waals surface area contributed by atoms with Crippen molar-refractivity contribution in [1.82, 2.24) is 0 Å². The third kappa shape index (κ3) is 3.32. The van der Waals surface area contributed by atoms with E-state index in [1.54, 1.807) is 0 Å². The zero-order valence-electron chi connectivity index (χ0n) is 7.86. The van der Waals surface area contributed by atoms with Crippen LogP contribution in [0.25, 0.3) is 0 Å². The van der Waals surface area contributed by atoms with Crippen molar-refractivity contribution in [3.63, 3.8) is 0 Å². The van der Waals surface area contributed by atoms with E-state index in [9.17, 15) is 9.90 Å². The highest BCUT2D eigenvalue weighted by Crippen LogP contribution is 2.19. The smallest absolute Gasteiger partial charge is 0.308 e. The number of esters is 1. The fraction of sp³-hybridized carbons (Fsp3) is 0.889. The van der Waals surface area contributed by atoms with Crippen LogP contribution in [0.15, 0.2) is 0 Å². The summed E-state index contributed by atoms with van der Waals surface area (Å²) in [4.78, 5) is 10.8. The third-order valence-electron chi connectivity index (χ3n) is 2.34. The molecule has 0 spiro atoms. The Morgan fingerprint density at radius 1 is 1.77 bits per heavy atom. The van der Waals surface area contributed by atoms with Gasteiger partial charge in [0.25, 0.3) is 0 Å². The van der Waals surface area contributed by atoms with Gasteiger partial charge in [0.15, 0.2) is 0 Å². The van der Waals surface area contributed by atoms with E-state index in [-0.39, 0.29) is 18.3 Å². The summed E-state index contributed by atoms with van der Waals surface area (Å²) in [6, 6.07) is 0. The van der Waals surface area contributed by atoms with Crippen LogP contribution in [-0.4, -0.2) is 37.5 Å². The summed E-state index contributed by atoms with van der Waals surface area (Å²) in [5.41, 5.74) is 0. The highest BCUT2D eigenvalue weighted by atomic mass is 16.5. The van der Waals surface area contributed by atoms with Crippen LogP contribution in [0.5, 0.6) is 0 Å². The topological polar surface area (TPSA) is 55.8 Å². The quantitative estimate of drug-likeness (QED) is 0.649. The van der Waals surface area contributed by atoms with Crippen LogP contribution in [-0.2, 0) is 14.3 Å². The van der Waals surface area contributed by atoms with Crippen LogP contribution in [0, 0.1) is 5.92 Å². The predicted molar refractivity (Wildman–Crippen MR) is 46.2 cm³/mol. The summed E-state index contributed by atoms with van der Waals surface area (Å²) in [6.45, 7) is 1.32. The van der Waals surface area contributed by atoms with Gasteiger partial charge < -0.3 is 14.6 Å². The number of ether oxygens (including phenoxy) is 2. The molecule has 0 aliphatic carbocycles. The lowest BCUT2D eigenvalue weighted by atomic mass is 9.94. The Morgan fingerprint density at radius 2 is 2.54 bits per heavy atom. The van der Waals surface area contributed by atoms with Crippen molar-refractivity contribution in [2.45, 2.75) is 25.4 Å². The molecule has 0 saturated carbocycles. The zero-order chi connectivity index (χ0) is 9.68. The van der Waals surface area contributed by atoms with E-state index in [0.29, 0.717) is 6.61 Å². The number of rotatable bonds is 3. The van der Waals surface area contributed by atoms with Crippen molar-refractivity contribution in [3.05, 3.63) is 0 Å². The first-order valence-electron chi connectivity index (χ1n) is 4.56. The molecule has 0 radical (unpaired) electrons. The minimum absolute atomic E-state index is 0.0739. The van der Waals surface area contributed by atoms with Crippen LogP contribution < -0.4 is 0 Å². The number of carbonyl (C=O) groups excluding carboxylic acids is 1. The van der Waals surface area contributed by atoms with E-state index in [1.807, 2.05) is 0 Å². The van der Waals surface area contributed by atoms with Gasteiger partial charge in [-0.1, -0.05) is 0 Å². The molecule has 0 aromatic heterocycles. The Bertz CT molecular complexity index is 163. The molecular weight excluding hydrogens is 172 g/mol. The zero-order valence-corrected chi connectivity index (χ0v) is 7.86. The van der Waals surface area contributed by atoms with Crippen molar-refractivity contribution in [1.29, 1.82) is 0 Å². The average molecular weight is 188 g/mol. The van der Waals surface area contributed by atoms with Gasteiger partial charge in [-0.3, -0.25) is 4.79 Å². The van der Waals surface area contributed by atoms with Crippen LogP contribution in [0.1, 0.15) is 19.3 Å². The molecule has 1 N–H and O–H groups in total. The van der Waals surface area contributed by atoms with Crippen LogP contribution >= 0.6 is 0 Å². The minimum Gasteiger partial charge on any atom is -0.469 e. The molecule has 1 unspecified atom stereocenters. The van der Waals surface area contributed by atoms with Crippen LogP contribution in [0.2, 0.25) is 0 Å². The van der Waals surface area contributed by atoms with E-state index >= 15 is 0 Å². The fourth-order valence-electron chi connectivity index (χ4n) is 1.49. The monoisotopic (exact) mass is 188 g/mol. The first-order valence-corrected chi connectivity index (χ1v) is 4.56. The van der Waals surface area contributed by atoms with Crippen LogP contribution in [0.3, 0.4) is 0 Å². The molecule has 1 aliphatic rings. The Kier molecular flexibility index (Phi) is 4.18. The molecule has 4 nitrogen and oxygen atoms in total. The number of methoxy groups -OCH3 is 1. The first-order chi connectivity index (χ1) is 6.24. The molecule has 2 atom stereocenters. The summed E-state index contributed by atoms with van der Waals surface area (Å²) in [6.07, 6.45) is 1.35. The SMILES string of the molecule is COC(=O)C[C@H](O)C1CCCOC1. The Balaban J connectivity index is 2.28. The van der Waals surface area contributed by atoms with Gasteiger partial charge in [-0.05, 0) is 12.8 Å². The van der Waals surface area contributed by atoms with Crippen molar-refractivity contribution in [3.8, 4) is 0 Å². The molecule has 13 heavy (non-hydrogen) atoms. The van der Waals surface area contributed by atoms with E-state index in [1.165, 1.54) is 7.11 Å². The second-order valence-corrected chi connectivity index (χ2v) is 3.32. The Morgan fingerprint density at radius 3 is 3.08 bits per heavy atom. The summed E-state index contributed by atoms with van der Waals surface area (Å²) in [5.74, 6) is -0.272. The summed E-state index contributed by atoms with van der Waals surface area (Å²) in [5, 5.41) is 9.59. The molecule has 0 aromatic rings. The molecule has 1 rings (SSSR count). The standard InChI is InChI=1S/C9H16O4/c1-12-9(11)5-8(10)7-3-2-4-13-6-7/h7-8,10H,2-6H2,1H3/t7?,8-/m0/s1. The molecular formula is C9H16O4. The highest BCUT2D eigenvalue weighted by molar-refractivity contribution is 5.69. The molecule has 0 amide bonds. The van der Waals surface area contributed by atoms with E-state index in [2.05, 4.69) is 4.74 Å². The fourth-order valence-corrected chi connectivity index (χ4v) is 1.49. The second kappa shape index (κ2) is 5.19. The molecule has 76 valence electrons. The number of carbonyl (C=O) groups is 1. The van der Waals surface area contributed by atoms with Gasteiger partial charge in [-0.2, -0.15) is 0 Å². The molecule has 4 heteroatoms. The predicted octanol–water partition coefficient (Wildman–Crippen LogP) is 0.337. The lowest BCUT2D eigenvalue weighted by Crippen LogP contribution is -2.31. The van der Waals surface area contributed by atoms with E-state index in [4.69, 9.17) is 4.74 Å². The highest BCUT2D eigenvalue weighted by Gasteiger charge is 2.24. The number of aliphatic hydroxyl groups is 1. The maximum Gasteiger partial charge on any atom is 0.308 e. The van der Waals surface area contributed by atoms with Gasteiger partial charge in [0, 0.05) is 12.5 Å². The van der Waals surface area contributed by atoms with Gasteiger partial charge in [-0.15, -0.1) is 0 Å². The number of aliphatic hydroxyl groups excluding tert-OH is 1. The largest absolute Gasteiger partial charge is 0.469 e. The van der Waals surface area contributed by atoms with Crippen LogP contribution in [0.4, 0.5) is 0 Å². The summed E-state index contributed by atoms with van der Waals surface area (Å²) in [7, 11) is 1.33. The lowest BCUT2D eigenvalue weighted by molar-refractivity contribution is -0.144. The van der Waals surface area contributed by atoms with Gasteiger partial charge in [-0.25, -0.2) is 0 Å². The maximum atomic E-state index is 10.8. The molecule has 0 aromatic carbocycles. The molecule has 1 aliphatic heterocycles. The maximum absolute atomic E-state index is 10.8. The minimum atomic E-state index is -0.618. The second-order valence-electron chi connectivity index (χ2n) is 3.32. The van der Waals surface area contributed by atoms with Crippen molar-refractivity contribution < 1.29 is 19.4 Å². The Hall–Kier alpha value is -0.610. The normalized spacial score (nSPS) is 25.2. The average Bonchev–Trinajstić information content (AvgIpc) is 2.19. The van der Waals surface area contributed by atoms with Crippen molar-refractivity contribution >= 4 is 5.97 Å². The lowest BCUT2D eigenvalue weighted by Gasteiger charge is -2.25. The summed E-state index contributed by atoms with van der Waals surface area (Å²) < 4.78 is 9.68. The molecule has 1 saturated heterocycles. The van der Waals surface area contributed by atoms with Crippen molar-refractivity contribution in [2.24, 2.45) is 5.92 Å². The first kappa shape index (κ1) is 10.5. The Labute approximate surface area is 77.8 Å². The van der Waals surface area contributed by atoms with Gasteiger partial charge in [0.2, 0.25) is 0 Å².